The second-order valence-corrected chi connectivity index (χ2v) is 5.39. The Morgan fingerprint density at radius 3 is 2.79 bits per heavy atom. The Hall–Kier alpha value is -2.01. The predicted molar refractivity (Wildman–Crippen MR) is 72.4 cm³/mol. The van der Waals surface area contributed by atoms with Crippen molar-refractivity contribution in [1.29, 1.82) is 0 Å². The number of halogens is 1. The van der Waals surface area contributed by atoms with Gasteiger partial charge in [-0.1, -0.05) is 12.1 Å². The minimum atomic E-state index is -0.232. The largest absolute Gasteiger partial charge is 0.296 e. The predicted octanol–water partition coefficient (Wildman–Crippen LogP) is 3.25. The van der Waals surface area contributed by atoms with Gasteiger partial charge in [-0.15, -0.1) is 11.3 Å². The van der Waals surface area contributed by atoms with Gasteiger partial charge in [-0.25, -0.2) is 9.37 Å². The standard InChI is InChI=1S/C14H11FN2OS/c1-9-13(6-10-2-4-11(15)5-3-10)19-14-16-7-12(8-18)17(9)14/h2-5,7-8H,6H2,1H3. The molecule has 96 valence electrons. The summed E-state index contributed by atoms with van der Waals surface area (Å²) in [4.78, 5) is 17.1. The maximum absolute atomic E-state index is 12.9. The SMILES string of the molecule is Cc1c(Cc2ccc(F)cc2)sc2ncc(C=O)n12. The molecule has 0 aliphatic carbocycles. The number of aryl methyl sites for hydroxylation is 1. The molecule has 2 aromatic heterocycles. The summed E-state index contributed by atoms with van der Waals surface area (Å²) in [5, 5.41) is 0. The topological polar surface area (TPSA) is 34.4 Å². The van der Waals surface area contributed by atoms with E-state index < -0.39 is 0 Å². The summed E-state index contributed by atoms with van der Waals surface area (Å²) in [5.74, 6) is -0.232. The maximum Gasteiger partial charge on any atom is 0.194 e. The van der Waals surface area contributed by atoms with Gasteiger partial charge in [0, 0.05) is 17.0 Å². The highest BCUT2D eigenvalue weighted by atomic mass is 32.1. The van der Waals surface area contributed by atoms with Crippen molar-refractivity contribution in [3.05, 3.63) is 58.1 Å². The van der Waals surface area contributed by atoms with E-state index in [-0.39, 0.29) is 5.82 Å². The molecule has 0 saturated carbocycles. The first-order valence-electron chi connectivity index (χ1n) is 5.84. The number of rotatable bonds is 3. The fourth-order valence-electron chi connectivity index (χ4n) is 2.10. The normalized spacial score (nSPS) is 11.1. The first kappa shape index (κ1) is 12.0. The fourth-order valence-corrected chi connectivity index (χ4v) is 3.24. The minimum Gasteiger partial charge on any atom is -0.296 e. The van der Waals surface area contributed by atoms with E-state index >= 15 is 0 Å². The monoisotopic (exact) mass is 274 g/mol. The lowest BCUT2D eigenvalue weighted by atomic mass is 10.1. The van der Waals surface area contributed by atoms with Gasteiger partial charge in [0.2, 0.25) is 0 Å². The van der Waals surface area contributed by atoms with Gasteiger partial charge in [-0.3, -0.25) is 9.20 Å². The van der Waals surface area contributed by atoms with E-state index in [2.05, 4.69) is 4.98 Å². The van der Waals surface area contributed by atoms with Crippen LogP contribution in [0.1, 0.15) is 26.6 Å². The van der Waals surface area contributed by atoms with Gasteiger partial charge in [0.15, 0.2) is 11.2 Å². The molecular formula is C14H11FN2OS. The van der Waals surface area contributed by atoms with Gasteiger partial charge in [0.05, 0.1) is 6.20 Å². The summed E-state index contributed by atoms with van der Waals surface area (Å²) in [6.07, 6.45) is 3.10. The van der Waals surface area contributed by atoms with Crippen LogP contribution in [0.3, 0.4) is 0 Å². The Balaban J connectivity index is 2.01. The zero-order valence-corrected chi connectivity index (χ0v) is 11.1. The molecule has 0 aliphatic rings. The van der Waals surface area contributed by atoms with E-state index in [0.29, 0.717) is 5.69 Å². The molecule has 0 aliphatic heterocycles. The second kappa shape index (κ2) is 4.59. The number of hydrogen-bond donors (Lipinski definition) is 0. The lowest BCUT2D eigenvalue weighted by Crippen LogP contribution is -1.94. The number of nitrogens with zero attached hydrogens (tertiary/aromatic N) is 2. The molecule has 0 fully saturated rings. The molecule has 3 rings (SSSR count). The van der Waals surface area contributed by atoms with E-state index in [0.717, 1.165) is 33.8 Å². The van der Waals surface area contributed by atoms with Gasteiger partial charge in [0.1, 0.15) is 11.5 Å². The molecule has 0 spiro atoms. The number of thiazole rings is 1. The summed E-state index contributed by atoms with van der Waals surface area (Å²) in [6, 6.07) is 6.47. The zero-order chi connectivity index (χ0) is 13.4. The van der Waals surface area contributed by atoms with Crippen LogP contribution in [-0.4, -0.2) is 15.7 Å². The molecular weight excluding hydrogens is 263 g/mol. The molecule has 5 heteroatoms. The molecule has 0 amide bonds. The van der Waals surface area contributed by atoms with E-state index in [1.165, 1.54) is 12.1 Å². The highest BCUT2D eigenvalue weighted by Crippen LogP contribution is 2.25. The van der Waals surface area contributed by atoms with E-state index in [4.69, 9.17) is 0 Å². The number of aldehydes is 1. The van der Waals surface area contributed by atoms with Crippen LogP contribution in [0.5, 0.6) is 0 Å². The second-order valence-electron chi connectivity index (χ2n) is 4.33. The lowest BCUT2D eigenvalue weighted by molar-refractivity contribution is 0.111. The molecule has 19 heavy (non-hydrogen) atoms. The van der Waals surface area contributed by atoms with Gasteiger partial charge in [0.25, 0.3) is 0 Å². The Labute approximate surface area is 113 Å². The Morgan fingerprint density at radius 1 is 1.37 bits per heavy atom. The number of fused-ring (bicyclic) bond motifs is 1. The number of hydrogen-bond acceptors (Lipinski definition) is 3. The Kier molecular flexibility index (Phi) is 2.91. The van der Waals surface area contributed by atoms with Crippen molar-refractivity contribution in [3.63, 3.8) is 0 Å². The Bertz CT molecular complexity index is 743. The van der Waals surface area contributed by atoms with Gasteiger partial charge >= 0.3 is 0 Å². The summed E-state index contributed by atoms with van der Waals surface area (Å²) in [7, 11) is 0. The van der Waals surface area contributed by atoms with E-state index in [9.17, 15) is 9.18 Å². The van der Waals surface area contributed by atoms with E-state index in [1.54, 1.807) is 29.7 Å². The average molecular weight is 274 g/mol. The molecule has 3 nitrogen and oxygen atoms in total. The molecule has 0 saturated heterocycles. The number of carbonyl (C=O) groups excluding carboxylic acids is 1. The number of imidazole rings is 1. The number of carbonyl (C=O) groups is 1. The number of benzene rings is 1. The van der Waals surface area contributed by atoms with Crippen molar-refractivity contribution in [2.45, 2.75) is 13.3 Å². The maximum atomic E-state index is 12.9. The summed E-state index contributed by atoms with van der Waals surface area (Å²) < 4.78 is 14.7. The third-order valence-electron chi connectivity index (χ3n) is 3.11. The van der Waals surface area contributed by atoms with Crippen LogP contribution in [0.2, 0.25) is 0 Å². The third-order valence-corrected chi connectivity index (χ3v) is 4.27. The molecule has 0 bridgehead atoms. The molecule has 0 unspecified atom stereocenters. The Morgan fingerprint density at radius 2 is 2.11 bits per heavy atom. The van der Waals surface area contributed by atoms with Crippen LogP contribution < -0.4 is 0 Å². The fraction of sp³-hybridized carbons (Fsp3) is 0.143. The van der Waals surface area contributed by atoms with Crippen LogP contribution >= 0.6 is 11.3 Å². The van der Waals surface area contributed by atoms with Crippen LogP contribution in [0.25, 0.3) is 4.96 Å². The van der Waals surface area contributed by atoms with Crippen molar-refractivity contribution in [2.75, 3.05) is 0 Å². The molecule has 3 aromatic rings. The van der Waals surface area contributed by atoms with Crippen molar-refractivity contribution >= 4 is 22.6 Å². The zero-order valence-electron chi connectivity index (χ0n) is 10.3. The first-order chi connectivity index (χ1) is 9.19. The highest BCUT2D eigenvalue weighted by molar-refractivity contribution is 7.17. The first-order valence-corrected chi connectivity index (χ1v) is 6.66. The minimum absolute atomic E-state index is 0.232. The molecule has 2 heterocycles. The van der Waals surface area contributed by atoms with Crippen molar-refractivity contribution in [2.24, 2.45) is 0 Å². The smallest absolute Gasteiger partial charge is 0.194 e. The van der Waals surface area contributed by atoms with Crippen LogP contribution in [0, 0.1) is 12.7 Å². The molecule has 0 N–H and O–H groups in total. The third kappa shape index (κ3) is 2.06. The number of aromatic nitrogens is 2. The van der Waals surface area contributed by atoms with Gasteiger partial charge in [-0.05, 0) is 24.6 Å². The average Bonchev–Trinajstić information content (AvgIpc) is 2.94. The summed E-state index contributed by atoms with van der Waals surface area (Å²) in [5.41, 5.74) is 2.62. The highest BCUT2D eigenvalue weighted by Gasteiger charge is 2.13. The summed E-state index contributed by atoms with van der Waals surface area (Å²) >= 11 is 1.56. The van der Waals surface area contributed by atoms with Crippen molar-refractivity contribution in [3.8, 4) is 0 Å². The molecule has 1 aromatic carbocycles. The van der Waals surface area contributed by atoms with Crippen molar-refractivity contribution in [1.82, 2.24) is 9.38 Å². The summed E-state index contributed by atoms with van der Waals surface area (Å²) in [6.45, 7) is 1.97. The van der Waals surface area contributed by atoms with Gasteiger partial charge < -0.3 is 0 Å². The van der Waals surface area contributed by atoms with Crippen LogP contribution in [0.15, 0.2) is 30.5 Å². The molecule has 0 radical (unpaired) electrons. The lowest BCUT2D eigenvalue weighted by Gasteiger charge is -2.01. The quantitative estimate of drug-likeness (QED) is 0.687. The van der Waals surface area contributed by atoms with Crippen molar-refractivity contribution < 1.29 is 9.18 Å². The van der Waals surface area contributed by atoms with Crippen LogP contribution in [-0.2, 0) is 6.42 Å². The van der Waals surface area contributed by atoms with Crippen LogP contribution in [0.4, 0.5) is 4.39 Å². The van der Waals surface area contributed by atoms with E-state index in [1.807, 2.05) is 11.3 Å². The van der Waals surface area contributed by atoms with Gasteiger partial charge in [-0.2, -0.15) is 0 Å². The molecule has 0 atom stereocenters.